The average Bonchev–Trinajstić information content (AvgIpc) is 2.39. The van der Waals surface area contributed by atoms with Gasteiger partial charge in [-0.1, -0.05) is 23.7 Å². The van der Waals surface area contributed by atoms with Gasteiger partial charge in [-0.15, -0.1) is 0 Å². The molecule has 1 aromatic carbocycles. The highest BCUT2D eigenvalue weighted by Gasteiger charge is 2.38. The molecule has 0 aromatic heterocycles. The molecule has 0 spiro atoms. The Morgan fingerprint density at radius 2 is 2.06 bits per heavy atom. The molecule has 3 fully saturated rings. The summed E-state index contributed by atoms with van der Waals surface area (Å²) in [5.74, 6) is 1.06. The van der Waals surface area contributed by atoms with Crippen LogP contribution in [-0.2, 0) is 0 Å². The predicted octanol–water partition coefficient (Wildman–Crippen LogP) is 2.86. The maximum absolute atomic E-state index is 12.5. The van der Waals surface area contributed by atoms with E-state index in [0.29, 0.717) is 10.9 Å². The number of rotatable bonds is 2. The normalized spacial score (nSPS) is 31.5. The first kappa shape index (κ1) is 11.2. The summed E-state index contributed by atoms with van der Waals surface area (Å²) in [6.45, 7) is 3.28. The van der Waals surface area contributed by atoms with Crippen molar-refractivity contribution in [3.8, 4) is 0 Å². The molecule has 1 aromatic rings. The number of carbonyl (C=O) groups is 1. The molecule has 0 N–H and O–H groups in total. The first-order valence-corrected chi connectivity index (χ1v) is 6.64. The highest BCUT2D eigenvalue weighted by atomic mass is 35.5. The van der Waals surface area contributed by atoms with Gasteiger partial charge < -0.3 is 4.90 Å². The van der Waals surface area contributed by atoms with Gasteiger partial charge in [-0.2, -0.15) is 0 Å². The van der Waals surface area contributed by atoms with Gasteiger partial charge in [0.25, 0.3) is 0 Å². The van der Waals surface area contributed by atoms with Crippen LogP contribution in [0.1, 0.15) is 23.2 Å². The average molecular weight is 250 g/mol. The van der Waals surface area contributed by atoms with Crippen LogP contribution >= 0.6 is 11.6 Å². The Morgan fingerprint density at radius 1 is 1.29 bits per heavy atom. The summed E-state index contributed by atoms with van der Waals surface area (Å²) in [6.07, 6.45) is 2.36. The molecule has 90 valence electrons. The molecule has 1 unspecified atom stereocenters. The fraction of sp³-hybridized carbons (Fsp3) is 0.500. The lowest BCUT2D eigenvalue weighted by molar-refractivity contribution is 0.0419. The Labute approximate surface area is 107 Å². The van der Waals surface area contributed by atoms with Crippen LogP contribution in [0, 0.1) is 11.8 Å². The van der Waals surface area contributed by atoms with E-state index in [1.54, 1.807) is 6.07 Å². The van der Waals surface area contributed by atoms with Crippen LogP contribution in [0.5, 0.6) is 0 Å². The van der Waals surface area contributed by atoms with Gasteiger partial charge in [0, 0.05) is 23.0 Å². The summed E-state index contributed by atoms with van der Waals surface area (Å²) >= 11 is 5.94. The fourth-order valence-corrected chi connectivity index (χ4v) is 3.31. The number of Topliss-reactive ketones (excluding diaryl/α,β-unsaturated/α-hetero) is 1. The molecule has 3 heterocycles. The second-order valence-corrected chi connectivity index (χ2v) is 5.56. The Morgan fingerprint density at radius 3 is 2.65 bits per heavy atom. The minimum atomic E-state index is 0.191. The number of piperidine rings is 3. The fourth-order valence-electron chi connectivity index (χ4n) is 3.12. The van der Waals surface area contributed by atoms with E-state index in [2.05, 4.69) is 4.90 Å². The Bertz CT molecular complexity index is 438. The second kappa shape index (κ2) is 4.43. The number of benzene rings is 1. The maximum atomic E-state index is 12.5. The van der Waals surface area contributed by atoms with Crippen molar-refractivity contribution in [1.82, 2.24) is 4.90 Å². The second-order valence-electron chi connectivity index (χ2n) is 5.12. The zero-order valence-electron chi connectivity index (χ0n) is 9.73. The summed E-state index contributed by atoms with van der Waals surface area (Å²) < 4.78 is 0. The van der Waals surface area contributed by atoms with Crippen molar-refractivity contribution in [2.45, 2.75) is 12.8 Å². The van der Waals surface area contributed by atoms with E-state index in [-0.39, 0.29) is 11.7 Å². The van der Waals surface area contributed by atoms with Crippen molar-refractivity contribution in [2.75, 3.05) is 19.6 Å². The van der Waals surface area contributed by atoms with Gasteiger partial charge in [0.2, 0.25) is 0 Å². The lowest BCUT2D eigenvalue weighted by Gasteiger charge is -2.44. The zero-order chi connectivity index (χ0) is 11.8. The maximum Gasteiger partial charge on any atom is 0.167 e. The molecule has 3 heteroatoms. The standard InChI is InChI=1S/C14H16ClNO/c15-12-3-1-2-11(8-12)14(17)13-9-16-6-4-10(13)5-7-16/h1-3,8,10,13H,4-7,9H2. The number of hydrogen-bond donors (Lipinski definition) is 0. The molecule has 0 radical (unpaired) electrons. The lowest BCUT2D eigenvalue weighted by atomic mass is 9.75. The molecule has 3 aliphatic heterocycles. The van der Waals surface area contributed by atoms with Crippen molar-refractivity contribution in [2.24, 2.45) is 11.8 Å². The first-order chi connectivity index (χ1) is 8.24. The van der Waals surface area contributed by atoms with E-state index >= 15 is 0 Å². The molecule has 1 atom stereocenters. The van der Waals surface area contributed by atoms with Crippen LogP contribution in [0.25, 0.3) is 0 Å². The monoisotopic (exact) mass is 249 g/mol. The van der Waals surface area contributed by atoms with E-state index < -0.39 is 0 Å². The molecular formula is C14H16ClNO. The third-order valence-corrected chi connectivity index (χ3v) is 4.34. The van der Waals surface area contributed by atoms with Gasteiger partial charge in [-0.05, 0) is 44.0 Å². The molecule has 4 rings (SSSR count). The van der Waals surface area contributed by atoms with Gasteiger partial charge in [0.15, 0.2) is 5.78 Å². The Hall–Kier alpha value is -0.860. The third kappa shape index (κ3) is 2.12. The molecule has 3 aliphatic rings. The van der Waals surface area contributed by atoms with Gasteiger partial charge in [0.1, 0.15) is 0 Å². The highest BCUT2D eigenvalue weighted by molar-refractivity contribution is 6.31. The van der Waals surface area contributed by atoms with Crippen LogP contribution in [0.3, 0.4) is 0 Å². The largest absolute Gasteiger partial charge is 0.303 e. The van der Waals surface area contributed by atoms with E-state index in [4.69, 9.17) is 11.6 Å². The zero-order valence-corrected chi connectivity index (χ0v) is 10.5. The SMILES string of the molecule is O=C(c1cccc(Cl)c1)C1CN2CCC1CC2. The van der Waals surface area contributed by atoms with Crippen LogP contribution in [0.4, 0.5) is 0 Å². The summed E-state index contributed by atoms with van der Waals surface area (Å²) in [5, 5.41) is 0.650. The molecule has 2 bridgehead atoms. The number of nitrogens with zero attached hydrogens (tertiary/aromatic N) is 1. The molecule has 2 nitrogen and oxygen atoms in total. The third-order valence-electron chi connectivity index (χ3n) is 4.10. The summed E-state index contributed by atoms with van der Waals surface area (Å²) in [7, 11) is 0. The number of ketones is 1. The van der Waals surface area contributed by atoms with Crippen molar-refractivity contribution in [1.29, 1.82) is 0 Å². The topological polar surface area (TPSA) is 20.3 Å². The van der Waals surface area contributed by atoms with Gasteiger partial charge >= 0.3 is 0 Å². The van der Waals surface area contributed by atoms with Crippen molar-refractivity contribution >= 4 is 17.4 Å². The quantitative estimate of drug-likeness (QED) is 0.752. The molecule has 3 saturated heterocycles. The minimum Gasteiger partial charge on any atom is -0.303 e. The van der Waals surface area contributed by atoms with Crippen LogP contribution in [0.2, 0.25) is 5.02 Å². The van der Waals surface area contributed by atoms with Gasteiger partial charge in [-0.3, -0.25) is 4.79 Å². The van der Waals surface area contributed by atoms with E-state index in [9.17, 15) is 4.79 Å². The molecule has 0 amide bonds. The number of carbonyl (C=O) groups excluding carboxylic acids is 1. The smallest absolute Gasteiger partial charge is 0.167 e. The van der Waals surface area contributed by atoms with Crippen LogP contribution < -0.4 is 0 Å². The van der Waals surface area contributed by atoms with Crippen molar-refractivity contribution in [3.63, 3.8) is 0 Å². The molecular weight excluding hydrogens is 234 g/mol. The van der Waals surface area contributed by atoms with E-state index in [0.717, 1.165) is 12.1 Å². The van der Waals surface area contributed by atoms with Crippen molar-refractivity contribution < 1.29 is 4.79 Å². The predicted molar refractivity (Wildman–Crippen MR) is 68.4 cm³/mol. The Balaban J connectivity index is 1.83. The number of hydrogen-bond acceptors (Lipinski definition) is 2. The molecule has 17 heavy (non-hydrogen) atoms. The van der Waals surface area contributed by atoms with Crippen molar-refractivity contribution in [3.05, 3.63) is 34.9 Å². The minimum absolute atomic E-state index is 0.191. The number of halogens is 1. The van der Waals surface area contributed by atoms with Crippen LogP contribution in [0.15, 0.2) is 24.3 Å². The summed E-state index contributed by atoms with van der Waals surface area (Å²) in [6, 6.07) is 7.35. The molecule has 0 aliphatic carbocycles. The van der Waals surface area contributed by atoms with E-state index in [1.165, 1.54) is 25.9 Å². The first-order valence-electron chi connectivity index (χ1n) is 6.26. The summed E-state index contributed by atoms with van der Waals surface area (Å²) in [4.78, 5) is 14.9. The van der Waals surface area contributed by atoms with Gasteiger partial charge in [0.05, 0.1) is 0 Å². The van der Waals surface area contributed by atoms with E-state index in [1.807, 2.05) is 18.2 Å². The molecule has 0 saturated carbocycles. The highest BCUT2D eigenvalue weighted by Crippen LogP contribution is 2.34. The summed E-state index contributed by atoms with van der Waals surface area (Å²) in [5.41, 5.74) is 0.774. The van der Waals surface area contributed by atoms with Gasteiger partial charge in [-0.25, -0.2) is 0 Å². The number of fused-ring (bicyclic) bond motifs is 3. The lowest BCUT2D eigenvalue weighted by Crippen LogP contribution is -2.50. The Kier molecular flexibility index (Phi) is 2.93. The van der Waals surface area contributed by atoms with Crippen LogP contribution in [-0.4, -0.2) is 30.3 Å².